The minimum absolute atomic E-state index is 0.0127. The van der Waals surface area contributed by atoms with Crippen molar-refractivity contribution >= 4 is 41.2 Å². The average molecular weight is 1830 g/mol. The Morgan fingerprint density at radius 1 is 0.286 bits per heavy atom. The van der Waals surface area contributed by atoms with Gasteiger partial charge >= 0.3 is 17.9 Å². The highest BCUT2D eigenvalue weighted by molar-refractivity contribution is 5.80. The summed E-state index contributed by atoms with van der Waals surface area (Å²) in [4.78, 5) is 88.2. The molecule has 0 spiro atoms. The van der Waals surface area contributed by atoms with Gasteiger partial charge in [0.15, 0.2) is 24.0 Å². The van der Waals surface area contributed by atoms with Gasteiger partial charge in [-0.25, -0.2) is 6.57 Å². The molecule has 126 heavy (non-hydrogen) atoms. The molecule has 1 aliphatic rings. The number of carbonyl (C=O) groups is 7. The molecule has 738 valence electrons. The molecule has 0 aromatic rings. The summed E-state index contributed by atoms with van der Waals surface area (Å²) in [7, 11) is 0. The number of rotatable bonds is 100. The van der Waals surface area contributed by atoms with E-state index in [9.17, 15) is 33.6 Å². The maximum absolute atomic E-state index is 12.3. The molecular weight excluding hydrogens is 1670 g/mol. The van der Waals surface area contributed by atoms with Gasteiger partial charge in [0.2, 0.25) is 23.8 Å². The Bertz CT molecular complexity index is 2570. The van der Waals surface area contributed by atoms with Crippen LogP contribution in [0.25, 0.3) is 4.85 Å². The largest absolute Gasteiger partial charge is 0.456 e. The molecule has 0 bridgehead atoms. The number of amides is 1. The lowest BCUT2D eigenvalue weighted by Gasteiger charge is -2.44. The second-order valence-electron chi connectivity index (χ2n) is 28.6. The summed E-state index contributed by atoms with van der Waals surface area (Å²) >= 11 is 0. The second kappa shape index (κ2) is 90.8. The van der Waals surface area contributed by atoms with Crippen LogP contribution in [0.15, 0.2) is 0 Å². The predicted octanol–water partition coefficient (Wildman–Crippen LogP) is 4.38. The fourth-order valence-electron chi connectivity index (χ4n) is 10.7. The van der Waals surface area contributed by atoms with Crippen LogP contribution in [0.1, 0.15) is 119 Å². The Labute approximate surface area is 747 Å². The molecule has 1 aliphatic heterocycles. The van der Waals surface area contributed by atoms with Gasteiger partial charge in [-0.1, -0.05) is 26.7 Å². The number of nitrogens with zero attached hydrogens (tertiary/aromatic N) is 1. The van der Waals surface area contributed by atoms with E-state index in [1.807, 2.05) is 20.8 Å². The molecule has 0 radical (unpaired) electrons. The van der Waals surface area contributed by atoms with Crippen LogP contribution in [0.5, 0.6) is 0 Å². The Balaban J connectivity index is 1.69. The number of carbonyl (C=O) groups excluding carboxylic acids is 7. The number of ether oxygens (including phenoxy) is 31. The van der Waals surface area contributed by atoms with Gasteiger partial charge in [0.05, 0.1) is 317 Å². The number of hydrogen-bond donors (Lipinski definition) is 1. The molecule has 1 N–H and O–H groups in total. The molecule has 40 nitrogen and oxygen atoms in total. The molecule has 1 unspecified atom stereocenters. The third kappa shape index (κ3) is 80.1. The average Bonchev–Trinajstić information content (AvgIpc) is 0.784. The first-order valence-electron chi connectivity index (χ1n) is 44.5. The first-order chi connectivity index (χ1) is 61.5. The van der Waals surface area contributed by atoms with Crippen LogP contribution in [-0.4, -0.2) is 428 Å². The topological polar surface area (TPSA) is 422 Å². The highest BCUT2D eigenvalue weighted by Crippen LogP contribution is 2.30. The molecule has 0 aromatic heterocycles. The standard InChI is InChI=1S/C86H156N2O38/c1-73(2)86(7,87-8)19-18-78(93)16-13-20-96-23-24-98-25-26-99-27-28-100-29-30-101-31-32-102-33-34-103-35-36-104-37-38-105-39-40-106-41-42-107-43-44-108-45-46-109-47-48-110-49-50-111-51-52-112-53-54-113-55-56-114-57-58-115-59-60-116-61-62-117-63-64-118-65-66-119-68-70-121-72-80(95)17-14-21-97-67-69-120-71-79(94)15-11-9-10-12-22-122-84-81(88-74(3)89)82(123-75(4)90)83(124-76(5)91)85(126-84)125-77(6)92/h73,81-85H,9-72H2,1-7H3,(H,88,89)/t81-,82-,83-,84-,85+,86?/m1/s1. The van der Waals surface area contributed by atoms with Crippen molar-refractivity contribution in [3.8, 4) is 0 Å². The van der Waals surface area contributed by atoms with E-state index in [4.69, 9.17) is 153 Å². The summed E-state index contributed by atoms with van der Waals surface area (Å²) in [5.41, 5.74) is -0.477. The van der Waals surface area contributed by atoms with Crippen molar-refractivity contribution in [2.24, 2.45) is 5.92 Å². The van der Waals surface area contributed by atoms with E-state index in [0.29, 0.717) is 375 Å². The number of nitrogens with one attached hydrogen (secondary N) is 1. The highest BCUT2D eigenvalue weighted by Gasteiger charge is 2.52. The summed E-state index contributed by atoms with van der Waals surface area (Å²) in [6, 6.07) is -1.10. The third-order valence-electron chi connectivity index (χ3n) is 17.7. The lowest BCUT2D eigenvalue weighted by molar-refractivity contribution is -0.321. The summed E-state index contributed by atoms with van der Waals surface area (Å²) in [6.45, 7) is 40.2. The summed E-state index contributed by atoms with van der Waals surface area (Å²) in [5, 5.41) is 2.62. The normalized spacial score (nSPS) is 15.7. The first kappa shape index (κ1) is 119. The molecule has 0 aromatic carbocycles. The van der Waals surface area contributed by atoms with Crippen LogP contribution >= 0.6 is 0 Å². The SMILES string of the molecule is [C-]#[N+]C(C)(CCC(=O)CCCOCCOCCOCCOCCOCCOCCOCCOCCOCCOCCOCCOCCOCCOCCOCCOCCOCCOCCOCCOCCOCCOCCOCCOCC(=O)CCCOCCOCC(=O)CCCCCCO[C@@H]1O[C@H](OC(C)=O)[C@H](OC(C)=O)[C@H](OC(C)=O)[C@H]1NC(C)=O)C(C)C. The van der Waals surface area contributed by atoms with Gasteiger partial charge in [-0.3, -0.25) is 33.6 Å². The summed E-state index contributed by atoms with van der Waals surface area (Å²) < 4.78 is 171. The first-order valence-corrected chi connectivity index (χ1v) is 44.5. The maximum atomic E-state index is 12.3. The zero-order chi connectivity index (χ0) is 91.6. The molecule has 0 aliphatic carbocycles. The van der Waals surface area contributed by atoms with Crippen molar-refractivity contribution in [3.63, 3.8) is 0 Å². The van der Waals surface area contributed by atoms with E-state index >= 15 is 0 Å². The number of hydrogen-bond acceptors (Lipinski definition) is 38. The Kier molecular flexibility index (Phi) is 85.9. The Morgan fingerprint density at radius 3 is 0.778 bits per heavy atom. The fourth-order valence-corrected chi connectivity index (χ4v) is 10.7. The van der Waals surface area contributed by atoms with E-state index in [1.165, 1.54) is 6.92 Å². The van der Waals surface area contributed by atoms with Crippen molar-refractivity contribution in [1.29, 1.82) is 0 Å². The molecular formula is C86H156N2O38. The molecule has 1 amide bonds. The smallest absolute Gasteiger partial charge is 0.305 e. The van der Waals surface area contributed by atoms with Crippen molar-refractivity contribution in [2.45, 2.75) is 155 Å². The predicted molar refractivity (Wildman–Crippen MR) is 452 cm³/mol. The molecule has 1 saturated heterocycles. The van der Waals surface area contributed by atoms with Crippen molar-refractivity contribution in [1.82, 2.24) is 5.32 Å². The molecule has 1 heterocycles. The molecule has 40 heteroatoms. The lowest BCUT2D eigenvalue weighted by Crippen LogP contribution is -2.66. The molecule has 6 atom stereocenters. The van der Waals surface area contributed by atoms with Crippen LogP contribution in [0.2, 0.25) is 0 Å². The fraction of sp³-hybridized carbons (Fsp3) is 0.907. The van der Waals surface area contributed by atoms with Crippen LogP contribution in [0, 0.1) is 12.5 Å². The van der Waals surface area contributed by atoms with Crippen LogP contribution in [0.4, 0.5) is 0 Å². The zero-order valence-electron chi connectivity index (χ0n) is 76.7. The third-order valence-corrected chi connectivity index (χ3v) is 17.7. The maximum Gasteiger partial charge on any atom is 0.305 e. The van der Waals surface area contributed by atoms with Crippen molar-refractivity contribution in [3.05, 3.63) is 11.4 Å². The number of ketones is 3. The minimum atomic E-state index is -1.48. The molecule has 1 rings (SSSR count). The van der Waals surface area contributed by atoms with Crippen LogP contribution in [0.3, 0.4) is 0 Å². The van der Waals surface area contributed by atoms with Crippen molar-refractivity contribution in [2.75, 3.05) is 350 Å². The van der Waals surface area contributed by atoms with Gasteiger partial charge in [-0.15, -0.1) is 0 Å². The van der Waals surface area contributed by atoms with E-state index in [-0.39, 0.29) is 62.9 Å². The Morgan fingerprint density at radius 2 is 0.524 bits per heavy atom. The highest BCUT2D eigenvalue weighted by atomic mass is 16.8. The van der Waals surface area contributed by atoms with E-state index in [1.54, 1.807) is 0 Å². The number of unbranched alkanes of at least 4 members (excludes halogenated alkanes) is 3. The quantitative estimate of drug-likeness (QED) is 0.0382. The minimum Gasteiger partial charge on any atom is -0.456 e. The summed E-state index contributed by atoms with van der Waals surface area (Å²) in [5.74, 6) is -2.43. The monoisotopic (exact) mass is 1830 g/mol. The van der Waals surface area contributed by atoms with Gasteiger partial charge in [0.25, 0.3) is 0 Å². The van der Waals surface area contributed by atoms with Gasteiger partial charge in [-0.2, -0.15) is 0 Å². The second-order valence-corrected chi connectivity index (χ2v) is 28.6. The van der Waals surface area contributed by atoms with Crippen molar-refractivity contribution < 1.29 is 180 Å². The molecule has 1 fully saturated rings. The number of esters is 3. The van der Waals surface area contributed by atoms with Gasteiger partial charge in [-0.05, 0) is 25.7 Å². The van der Waals surface area contributed by atoms with Gasteiger partial charge < -0.3 is 157 Å². The van der Waals surface area contributed by atoms with Crippen LogP contribution < -0.4 is 5.32 Å². The van der Waals surface area contributed by atoms with E-state index in [0.717, 1.165) is 27.2 Å². The molecule has 0 saturated carbocycles. The van der Waals surface area contributed by atoms with Gasteiger partial charge in [0.1, 0.15) is 25.0 Å². The Hall–Kier alpha value is -4.74. The zero-order valence-corrected chi connectivity index (χ0v) is 76.7. The van der Waals surface area contributed by atoms with E-state index < -0.39 is 60.2 Å². The van der Waals surface area contributed by atoms with Crippen LogP contribution in [-0.2, 0) is 180 Å². The van der Waals surface area contributed by atoms with Gasteiger partial charge in [0, 0.05) is 92.5 Å². The summed E-state index contributed by atoms with van der Waals surface area (Å²) in [6.07, 6.45) is 0.574. The van der Waals surface area contributed by atoms with E-state index in [2.05, 4.69) is 10.2 Å². The number of Topliss-reactive ketones (excluding diaryl/α,β-unsaturated/α-hetero) is 3. The lowest BCUT2D eigenvalue weighted by atomic mass is 9.84.